The van der Waals surface area contributed by atoms with E-state index in [4.69, 9.17) is 16.4 Å². The number of nitrogens with zero attached hydrogens (tertiary/aromatic N) is 3. The van der Waals surface area contributed by atoms with Crippen LogP contribution in [0.5, 0.6) is 0 Å². The zero-order valence-corrected chi connectivity index (χ0v) is 22.2. The maximum absolute atomic E-state index is 12.6. The number of benzene rings is 2. The first kappa shape index (κ1) is 24.7. The minimum atomic E-state index is -3.79. The van der Waals surface area contributed by atoms with Crippen molar-refractivity contribution in [3.8, 4) is 34.0 Å². The molecule has 3 heterocycles. The largest absolute Gasteiger partial charge is 0.382 e. The van der Waals surface area contributed by atoms with Gasteiger partial charge in [0.25, 0.3) is 0 Å². The lowest BCUT2D eigenvalue weighted by molar-refractivity contribution is 0.0776. The van der Waals surface area contributed by atoms with Gasteiger partial charge in [0.15, 0.2) is 27.1 Å². The highest BCUT2D eigenvalue weighted by molar-refractivity contribution is 7.92. The number of aromatic nitrogens is 3. The van der Waals surface area contributed by atoms with E-state index in [-0.39, 0.29) is 10.7 Å². The van der Waals surface area contributed by atoms with E-state index in [0.29, 0.717) is 34.4 Å². The average Bonchev–Trinajstić information content (AvgIpc) is 3.43. The molecule has 1 aliphatic heterocycles. The van der Waals surface area contributed by atoms with Crippen LogP contribution in [0.15, 0.2) is 70.2 Å². The van der Waals surface area contributed by atoms with Gasteiger partial charge in [-0.05, 0) is 44.4 Å². The summed E-state index contributed by atoms with van der Waals surface area (Å²) >= 11 is 0. The maximum Gasteiger partial charge on any atom is 0.189 e. The van der Waals surface area contributed by atoms with Crippen molar-refractivity contribution in [3.05, 3.63) is 66.4 Å². The molecule has 0 radical (unpaired) electrons. The highest BCUT2D eigenvalue weighted by Crippen LogP contribution is 2.30. The molecule has 1 saturated heterocycles. The first-order chi connectivity index (χ1) is 18.6. The fourth-order valence-corrected chi connectivity index (χ4v) is 5.21. The number of rotatable bonds is 8. The molecular formula is C28H31N5O4S. The third-order valence-corrected chi connectivity index (χ3v) is 8.58. The number of nitrogens with one attached hydrogen (secondary N) is 1. The molecule has 0 bridgehead atoms. The van der Waals surface area contributed by atoms with Crippen LogP contribution in [0.3, 0.4) is 0 Å². The topological polar surface area (TPSA) is 133 Å². The summed E-state index contributed by atoms with van der Waals surface area (Å²) in [5, 5.41) is 6.14. The normalized spacial score (nSPS) is 15.4. The molecule has 2 aromatic carbocycles. The van der Waals surface area contributed by atoms with Crippen LogP contribution in [0.4, 0.5) is 5.82 Å². The Bertz CT molecular complexity index is 1540. The van der Waals surface area contributed by atoms with E-state index in [0.717, 1.165) is 38.2 Å². The van der Waals surface area contributed by atoms with Gasteiger partial charge in [0, 0.05) is 44.4 Å². The molecule has 1 aliphatic rings. The minimum absolute atomic E-state index is 0.0696. The fourth-order valence-electron chi connectivity index (χ4n) is 4.24. The summed E-state index contributed by atoms with van der Waals surface area (Å²) in [6.07, 6.45) is 3.58. The lowest BCUT2D eigenvalue weighted by Gasteiger charge is -2.23. The molecule has 1 fully saturated rings. The number of anilines is 1. The second-order valence-electron chi connectivity index (χ2n) is 9.47. The van der Waals surface area contributed by atoms with Crippen LogP contribution in [-0.4, -0.2) is 48.0 Å². The lowest BCUT2D eigenvalue weighted by atomic mass is 10.1. The Hall–Kier alpha value is -3.60. The van der Waals surface area contributed by atoms with Gasteiger partial charge >= 0.3 is 0 Å². The summed E-state index contributed by atoms with van der Waals surface area (Å²) in [6.45, 7) is 5.11. The quantitative estimate of drug-likeness (QED) is 0.335. The van der Waals surface area contributed by atoms with Crippen LogP contribution in [0.25, 0.3) is 34.0 Å². The number of nitrogens with two attached hydrogens (primary N) is 1. The van der Waals surface area contributed by atoms with E-state index >= 15 is 0 Å². The monoisotopic (exact) mass is 534 g/mol. The second kappa shape index (κ2) is 11.0. The number of sulfone groups is 1. The number of ether oxygens (including phenoxy) is 1. The Morgan fingerprint density at radius 3 is 2.39 bits per heavy atom. The van der Waals surface area contributed by atoms with Gasteiger partial charge in [-0.1, -0.05) is 41.6 Å². The Balaban J connectivity index is 1.32. The average molecular weight is 535 g/mol. The van der Waals surface area contributed by atoms with Crippen LogP contribution in [0, 0.1) is 0 Å². The van der Waals surface area contributed by atoms with Gasteiger partial charge in [-0.25, -0.2) is 18.4 Å². The first-order valence-corrected chi connectivity index (χ1v) is 14.0. The minimum Gasteiger partial charge on any atom is -0.382 e. The summed E-state index contributed by atoms with van der Waals surface area (Å²) in [5.41, 5.74) is 10.3. The van der Waals surface area contributed by atoms with E-state index in [1.807, 2.05) is 12.1 Å². The fraction of sp³-hybridized carbons (Fsp3) is 0.321. The van der Waals surface area contributed by atoms with Crippen LogP contribution >= 0.6 is 0 Å². The summed E-state index contributed by atoms with van der Waals surface area (Å²) in [7, 11) is -3.79. The zero-order chi connectivity index (χ0) is 27.6. The van der Waals surface area contributed by atoms with Crippen LogP contribution in [0.2, 0.25) is 0 Å². The first-order valence-electron chi connectivity index (χ1n) is 13.0. The SMILES string of the molecule is [2H]C(C)(C)S(=O)(=O)c1ccc(-c2cnc(N)c(-c3cc(-c4ccc(CNC5CCOCC5)cc4)no3)n2)cc1. The van der Waals surface area contributed by atoms with Crippen molar-refractivity contribution in [1.29, 1.82) is 0 Å². The molecule has 198 valence electrons. The molecule has 5 rings (SSSR count). The van der Waals surface area contributed by atoms with Crippen LogP contribution in [0.1, 0.15) is 33.6 Å². The van der Waals surface area contributed by atoms with Crippen molar-refractivity contribution < 1.29 is 19.0 Å². The van der Waals surface area contributed by atoms with Gasteiger partial charge in [-0.3, -0.25) is 0 Å². The van der Waals surface area contributed by atoms with Gasteiger partial charge in [0.05, 0.1) is 22.0 Å². The van der Waals surface area contributed by atoms with Gasteiger partial charge in [-0.15, -0.1) is 0 Å². The van der Waals surface area contributed by atoms with Crippen molar-refractivity contribution >= 4 is 15.7 Å². The van der Waals surface area contributed by atoms with Crippen molar-refractivity contribution in [1.82, 2.24) is 20.4 Å². The Morgan fingerprint density at radius 2 is 1.71 bits per heavy atom. The molecule has 0 amide bonds. The number of nitrogen functional groups attached to an aromatic ring is 1. The molecule has 0 spiro atoms. The summed E-state index contributed by atoms with van der Waals surface area (Å²) in [5.74, 6) is 0.559. The number of hydrogen-bond acceptors (Lipinski definition) is 9. The van der Waals surface area contributed by atoms with E-state index in [2.05, 4.69) is 32.6 Å². The predicted molar refractivity (Wildman–Crippen MR) is 146 cm³/mol. The van der Waals surface area contributed by atoms with Gasteiger partial charge in [0.1, 0.15) is 5.69 Å². The third kappa shape index (κ3) is 5.62. The molecule has 10 heteroatoms. The van der Waals surface area contributed by atoms with Gasteiger partial charge < -0.3 is 20.3 Å². The van der Waals surface area contributed by atoms with E-state index in [9.17, 15) is 8.42 Å². The maximum atomic E-state index is 12.6. The third-order valence-electron chi connectivity index (χ3n) is 6.61. The van der Waals surface area contributed by atoms with Crippen molar-refractivity contribution in [2.24, 2.45) is 0 Å². The molecule has 2 aromatic heterocycles. The number of hydrogen-bond donors (Lipinski definition) is 2. The Labute approximate surface area is 223 Å². The molecule has 0 unspecified atom stereocenters. The van der Waals surface area contributed by atoms with Crippen molar-refractivity contribution in [2.75, 3.05) is 18.9 Å². The molecule has 38 heavy (non-hydrogen) atoms. The zero-order valence-electron chi connectivity index (χ0n) is 22.3. The Morgan fingerprint density at radius 1 is 1.05 bits per heavy atom. The highest BCUT2D eigenvalue weighted by atomic mass is 32.2. The van der Waals surface area contributed by atoms with Gasteiger partial charge in [-0.2, -0.15) is 0 Å². The predicted octanol–water partition coefficient (Wildman–Crippen LogP) is 4.50. The Kier molecular flexibility index (Phi) is 7.17. The molecule has 9 nitrogen and oxygen atoms in total. The van der Waals surface area contributed by atoms with Crippen LogP contribution in [-0.2, 0) is 21.1 Å². The molecule has 0 atom stereocenters. The summed E-state index contributed by atoms with van der Waals surface area (Å²) in [4.78, 5) is 8.95. The standard InChI is InChI=1S/C28H31N5O4S/c1-18(2)38(34,35)23-9-7-21(8-10-23)25-17-31-28(29)27(32-25)26-15-24(33-37-26)20-5-3-19(4-6-20)16-30-22-11-13-36-14-12-22/h3-10,15,17-18,22,30H,11-14,16H2,1-2H3,(H2,29,31)/i18D. The van der Waals surface area contributed by atoms with Crippen molar-refractivity contribution in [2.45, 2.75) is 49.4 Å². The molecule has 0 aliphatic carbocycles. The van der Waals surface area contributed by atoms with E-state index < -0.39 is 15.1 Å². The second-order valence-corrected chi connectivity index (χ2v) is 11.8. The van der Waals surface area contributed by atoms with E-state index in [1.54, 1.807) is 18.2 Å². The van der Waals surface area contributed by atoms with Crippen molar-refractivity contribution in [3.63, 3.8) is 0 Å². The van der Waals surface area contributed by atoms with Crippen LogP contribution < -0.4 is 11.1 Å². The van der Waals surface area contributed by atoms with Gasteiger partial charge in [0.2, 0.25) is 0 Å². The summed E-state index contributed by atoms with van der Waals surface area (Å²) < 4.78 is 44.0. The molecule has 4 aromatic rings. The summed E-state index contributed by atoms with van der Waals surface area (Å²) in [6, 6.07) is 16.6. The lowest BCUT2D eigenvalue weighted by Crippen LogP contribution is -2.34. The smallest absolute Gasteiger partial charge is 0.189 e. The molecule has 3 N–H and O–H groups in total. The molecular weight excluding hydrogens is 502 g/mol. The van der Waals surface area contributed by atoms with E-state index in [1.165, 1.54) is 37.7 Å². The highest BCUT2D eigenvalue weighted by Gasteiger charge is 2.20. The molecule has 0 saturated carbocycles.